The molecule has 0 aliphatic carbocycles. The molecule has 2 N–H and O–H groups in total. The summed E-state index contributed by atoms with van der Waals surface area (Å²) in [6.45, 7) is 0.712. The van der Waals surface area contributed by atoms with Crippen LogP contribution in [0.25, 0.3) is 0 Å². The van der Waals surface area contributed by atoms with Gasteiger partial charge in [-0.1, -0.05) is 34.8 Å². The Morgan fingerprint density at radius 3 is 2.47 bits per heavy atom. The van der Waals surface area contributed by atoms with E-state index in [2.05, 4.69) is 0 Å². The van der Waals surface area contributed by atoms with Gasteiger partial charge in [0.05, 0.1) is 10.0 Å². The molecule has 15 heavy (non-hydrogen) atoms. The Labute approximate surface area is 109 Å². The van der Waals surface area contributed by atoms with Crippen molar-refractivity contribution in [1.82, 2.24) is 0 Å². The van der Waals surface area contributed by atoms with Crippen LogP contribution < -0.4 is 5.73 Å². The van der Waals surface area contributed by atoms with E-state index in [9.17, 15) is 0 Å². The van der Waals surface area contributed by atoms with E-state index >= 15 is 0 Å². The van der Waals surface area contributed by atoms with Gasteiger partial charge in [-0.05, 0) is 30.9 Å². The molecule has 0 amide bonds. The Morgan fingerprint density at radius 2 is 1.80 bits per heavy atom. The summed E-state index contributed by atoms with van der Waals surface area (Å²) in [5, 5.41) is 1.78. The van der Waals surface area contributed by atoms with Crippen molar-refractivity contribution in [2.45, 2.75) is 12.2 Å². The zero-order chi connectivity index (χ0) is 11.3. The molecule has 84 valence electrons. The summed E-state index contributed by atoms with van der Waals surface area (Å²) in [6.07, 6.45) is 1.00. The van der Waals surface area contributed by atoms with E-state index in [1.165, 1.54) is 0 Å². The fraction of sp³-hybridized carbons (Fsp3) is 0.400. The first kappa shape index (κ1) is 13.5. The maximum Gasteiger partial charge on any atom is 0.0647 e. The van der Waals surface area contributed by atoms with Crippen molar-refractivity contribution in [2.24, 2.45) is 5.73 Å². The summed E-state index contributed by atoms with van der Waals surface area (Å²) in [6, 6.07) is 3.48. The van der Waals surface area contributed by atoms with Gasteiger partial charge < -0.3 is 5.73 Å². The Morgan fingerprint density at radius 1 is 1.13 bits per heavy atom. The minimum Gasteiger partial charge on any atom is -0.330 e. The van der Waals surface area contributed by atoms with Crippen LogP contribution in [0.4, 0.5) is 0 Å². The van der Waals surface area contributed by atoms with Crippen LogP contribution in [-0.2, 0) is 5.75 Å². The van der Waals surface area contributed by atoms with Gasteiger partial charge in [-0.2, -0.15) is 11.8 Å². The minimum atomic E-state index is 0.551. The highest BCUT2D eigenvalue weighted by Crippen LogP contribution is 2.33. The molecule has 5 heteroatoms. The second-order valence-electron chi connectivity index (χ2n) is 3.02. The number of rotatable bonds is 5. The van der Waals surface area contributed by atoms with Gasteiger partial charge in [0, 0.05) is 16.3 Å². The number of halogens is 3. The summed E-state index contributed by atoms with van der Waals surface area (Å²) < 4.78 is 0. The van der Waals surface area contributed by atoms with Crippen molar-refractivity contribution in [3.63, 3.8) is 0 Å². The van der Waals surface area contributed by atoms with E-state index < -0.39 is 0 Å². The third-order valence-corrected chi connectivity index (χ3v) is 4.15. The molecule has 0 atom stereocenters. The van der Waals surface area contributed by atoms with Crippen LogP contribution in [0.15, 0.2) is 12.1 Å². The molecule has 0 spiro atoms. The van der Waals surface area contributed by atoms with Crippen LogP contribution in [0.1, 0.15) is 12.0 Å². The van der Waals surface area contributed by atoms with Crippen molar-refractivity contribution in [3.8, 4) is 0 Å². The predicted molar refractivity (Wildman–Crippen MR) is 71.3 cm³/mol. The molecule has 0 radical (unpaired) electrons. The monoisotopic (exact) mass is 283 g/mol. The van der Waals surface area contributed by atoms with Crippen LogP contribution in [0.3, 0.4) is 0 Å². The molecule has 0 saturated carbocycles. The fourth-order valence-electron chi connectivity index (χ4n) is 1.06. The summed E-state index contributed by atoms with van der Waals surface area (Å²) in [7, 11) is 0. The summed E-state index contributed by atoms with van der Waals surface area (Å²) >= 11 is 19.8. The van der Waals surface area contributed by atoms with Crippen molar-refractivity contribution < 1.29 is 0 Å². The van der Waals surface area contributed by atoms with Gasteiger partial charge >= 0.3 is 0 Å². The summed E-state index contributed by atoms with van der Waals surface area (Å²) in [4.78, 5) is 0. The van der Waals surface area contributed by atoms with E-state index in [0.717, 1.165) is 23.5 Å². The smallest absolute Gasteiger partial charge is 0.0647 e. The Hall–Kier alpha value is 0.400. The lowest BCUT2D eigenvalue weighted by atomic mass is 10.2. The van der Waals surface area contributed by atoms with E-state index in [-0.39, 0.29) is 0 Å². The molecule has 0 heterocycles. The first-order valence-electron chi connectivity index (χ1n) is 4.57. The van der Waals surface area contributed by atoms with Crippen molar-refractivity contribution in [2.75, 3.05) is 12.3 Å². The largest absolute Gasteiger partial charge is 0.330 e. The van der Waals surface area contributed by atoms with Gasteiger partial charge in [0.15, 0.2) is 0 Å². The minimum absolute atomic E-state index is 0.551. The molecule has 0 bridgehead atoms. The number of hydrogen-bond acceptors (Lipinski definition) is 2. The van der Waals surface area contributed by atoms with Crippen molar-refractivity contribution in [3.05, 3.63) is 32.8 Å². The Balaban J connectivity index is 2.63. The van der Waals surface area contributed by atoms with Gasteiger partial charge in [-0.15, -0.1) is 0 Å². The molecule has 1 aromatic rings. The highest BCUT2D eigenvalue weighted by Gasteiger charge is 2.09. The van der Waals surface area contributed by atoms with Gasteiger partial charge in [0.25, 0.3) is 0 Å². The van der Waals surface area contributed by atoms with E-state index in [1.807, 2.05) is 0 Å². The first-order valence-corrected chi connectivity index (χ1v) is 6.86. The first-order chi connectivity index (χ1) is 7.16. The van der Waals surface area contributed by atoms with Crippen LogP contribution >= 0.6 is 46.6 Å². The second kappa shape index (κ2) is 6.87. The lowest BCUT2D eigenvalue weighted by molar-refractivity contribution is 0.943. The van der Waals surface area contributed by atoms with E-state index in [0.29, 0.717) is 21.6 Å². The molecule has 1 rings (SSSR count). The average molecular weight is 285 g/mol. The number of hydrogen-bond donors (Lipinski definition) is 1. The maximum absolute atomic E-state index is 6.06. The molecule has 1 nitrogen and oxygen atoms in total. The molecular weight excluding hydrogens is 273 g/mol. The number of benzene rings is 1. The third-order valence-electron chi connectivity index (χ3n) is 1.88. The topological polar surface area (TPSA) is 26.0 Å². The standard InChI is InChI=1S/C10H12Cl3NS/c11-8-2-3-9(12)10(13)7(8)6-15-5-1-4-14/h2-3H,1,4-6,14H2. The molecular formula is C10H12Cl3NS. The predicted octanol–water partition coefficient (Wildman–Crippen LogP) is 4.23. The molecule has 0 unspecified atom stereocenters. The maximum atomic E-state index is 6.06. The lowest BCUT2D eigenvalue weighted by Gasteiger charge is -2.07. The highest BCUT2D eigenvalue weighted by atomic mass is 35.5. The molecule has 0 aliphatic heterocycles. The fourth-order valence-corrected chi connectivity index (χ4v) is 2.92. The lowest BCUT2D eigenvalue weighted by Crippen LogP contribution is -1.99. The van der Waals surface area contributed by atoms with Gasteiger partial charge in [-0.25, -0.2) is 0 Å². The van der Waals surface area contributed by atoms with Gasteiger partial charge in [0.2, 0.25) is 0 Å². The third kappa shape index (κ3) is 4.04. The van der Waals surface area contributed by atoms with Gasteiger partial charge in [-0.3, -0.25) is 0 Å². The van der Waals surface area contributed by atoms with Crippen molar-refractivity contribution in [1.29, 1.82) is 0 Å². The molecule has 0 fully saturated rings. The normalized spacial score (nSPS) is 10.7. The zero-order valence-corrected chi connectivity index (χ0v) is 11.2. The zero-order valence-electron chi connectivity index (χ0n) is 8.10. The second-order valence-corrected chi connectivity index (χ2v) is 5.31. The molecule has 0 aliphatic rings. The van der Waals surface area contributed by atoms with E-state index in [4.69, 9.17) is 40.5 Å². The van der Waals surface area contributed by atoms with Crippen LogP contribution in [0.5, 0.6) is 0 Å². The summed E-state index contributed by atoms with van der Waals surface area (Å²) in [5.74, 6) is 1.79. The van der Waals surface area contributed by atoms with Crippen molar-refractivity contribution >= 4 is 46.6 Å². The SMILES string of the molecule is NCCCSCc1c(Cl)ccc(Cl)c1Cl. The highest BCUT2D eigenvalue weighted by molar-refractivity contribution is 7.98. The van der Waals surface area contributed by atoms with Crippen LogP contribution in [0, 0.1) is 0 Å². The molecule has 1 aromatic carbocycles. The molecule has 0 saturated heterocycles. The van der Waals surface area contributed by atoms with Crippen LogP contribution in [-0.4, -0.2) is 12.3 Å². The number of nitrogens with two attached hydrogens (primary N) is 1. The van der Waals surface area contributed by atoms with E-state index in [1.54, 1.807) is 23.9 Å². The number of thioether (sulfide) groups is 1. The van der Waals surface area contributed by atoms with Gasteiger partial charge in [0.1, 0.15) is 0 Å². The summed E-state index contributed by atoms with van der Waals surface area (Å²) in [5.41, 5.74) is 6.32. The average Bonchev–Trinajstić information content (AvgIpc) is 2.23. The Bertz CT molecular complexity index is 331. The molecule has 0 aromatic heterocycles. The Kier molecular flexibility index (Phi) is 6.17. The quantitative estimate of drug-likeness (QED) is 0.647. The van der Waals surface area contributed by atoms with Crippen LogP contribution in [0.2, 0.25) is 15.1 Å².